The summed E-state index contributed by atoms with van der Waals surface area (Å²) in [5.74, 6) is 0.154. The lowest BCUT2D eigenvalue weighted by Crippen LogP contribution is -2.52. The smallest absolute Gasteiger partial charge is 0.434 e. The Morgan fingerprint density at radius 1 is 0.882 bits per heavy atom. The molecule has 0 fully saturated rings. The Morgan fingerprint density at radius 3 is 2.00 bits per heavy atom. The Balaban J connectivity index is 1.86. The normalized spacial score (nSPS) is 13.5. The lowest BCUT2D eigenvalue weighted by molar-refractivity contribution is -0.410. The number of allylic oxidation sites excluding steroid dienone is 1. The van der Waals surface area contributed by atoms with Gasteiger partial charge in [-0.2, -0.15) is 5.43 Å². The van der Waals surface area contributed by atoms with Crippen molar-refractivity contribution in [1.29, 1.82) is 0 Å². The van der Waals surface area contributed by atoms with Crippen LogP contribution in [0.2, 0.25) is 0 Å². The van der Waals surface area contributed by atoms with Gasteiger partial charge in [0.2, 0.25) is 16.2 Å². The molecule has 3 N–H and O–H groups in total. The number of aryl methyl sites for hydroxylation is 1. The van der Waals surface area contributed by atoms with Crippen molar-refractivity contribution in [2.75, 3.05) is 12.5 Å². The minimum absolute atomic E-state index is 0.103. The Kier molecular flexibility index (Phi) is 11.5. The van der Waals surface area contributed by atoms with Gasteiger partial charge >= 0.3 is 11.5 Å². The van der Waals surface area contributed by atoms with E-state index in [1.54, 1.807) is 13.8 Å². The van der Waals surface area contributed by atoms with Gasteiger partial charge in [-0.1, -0.05) is 143 Å². The van der Waals surface area contributed by atoms with Crippen LogP contribution in [0.4, 0.5) is 0 Å². The van der Waals surface area contributed by atoms with Gasteiger partial charge in [-0.3, -0.25) is 10.2 Å². The molecule has 0 unspecified atom stereocenters. The molecule has 0 aliphatic carbocycles. The van der Waals surface area contributed by atoms with Gasteiger partial charge in [-0.05, 0) is 44.1 Å². The second-order valence-corrected chi connectivity index (χ2v) is 17.0. The van der Waals surface area contributed by atoms with Crippen molar-refractivity contribution >= 4 is 73.5 Å². The largest absolute Gasteiger partial charge is 0.491 e. The van der Waals surface area contributed by atoms with E-state index in [2.05, 4.69) is 94.9 Å². The molecule has 4 aromatic carbocycles. The topological polar surface area (TPSA) is 123 Å². The van der Waals surface area contributed by atoms with Crippen LogP contribution in [-0.4, -0.2) is 53.0 Å². The first-order chi connectivity index (χ1) is 24.8. The molecule has 2 heterocycles. The molecule has 0 saturated heterocycles. The molecule has 0 saturated carbocycles. The van der Waals surface area contributed by atoms with Gasteiger partial charge in [0.1, 0.15) is 5.69 Å². The number of rotatable bonds is 8. The number of hydrazine groups is 1. The van der Waals surface area contributed by atoms with Gasteiger partial charge in [-0.25, -0.2) is 4.33 Å². The van der Waals surface area contributed by atoms with E-state index in [9.17, 15) is 9.90 Å². The molecule has 1 aromatic heterocycles. The zero-order valence-corrected chi connectivity index (χ0v) is 32.4. The monoisotopic (exact) mass is 800 g/mol. The number of nitrogens with zero attached hydrogens (tertiary/aromatic N) is 7. The quantitative estimate of drug-likeness (QED) is 0.0782. The summed E-state index contributed by atoms with van der Waals surface area (Å²) in [5.41, 5.74) is 7.50. The van der Waals surface area contributed by atoms with Crippen LogP contribution in [0, 0.1) is 6.92 Å². The number of hydrogen-bond acceptors (Lipinski definition) is 10. The number of aromatic nitrogens is 3. The SMILES string of the molecule is CSC1=NNC(C)=C(O)N1N/C(=N\n1c(SC)nnc(C)c1=O)[N+](Cc1cccc(Br)c1)=P(c1ccccc1)(c1ccccc1)c1ccccc1. The van der Waals surface area contributed by atoms with Crippen molar-refractivity contribution in [2.45, 2.75) is 25.5 Å². The highest BCUT2D eigenvalue weighted by atomic mass is 79.9. The molecule has 0 radical (unpaired) electrons. The van der Waals surface area contributed by atoms with E-state index < -0.39 is 12.6 Å². The van der Waals surface area contributed by atoms with Crippen LogP contribution < -0.4 is 32.3 Å². The summed E-state index contributed by atoms with van der Waals surface area (Å²) in [7, 11) is -2.94. The number of halogens is 1. The Hall–Kier alpha value is -4.62. The summed E-state index contributed by atoms with van der Waals surface area (Å²) in [5, 5.41) is 34.9. The van der Waals surface area contributed by atoms with Crippen LogP contribution in [0.25, 0.3) is 0 Å². The van der Waals surface area contributed by atoms with Gasteiger partial charge in [0.05, 0.1) is 19.3 Å². The maximum absolute atomic E-state index is 13.9. The molecule has 0 bridgehead atoms. The average molecular weight is 802 g/mol. The Bertz CT molecular complexity index is 2150. The second-order valence-electron chi connectivity index (χ2n) is 11.2. The minimum Gasteiger partial charge on any atom is -0.491 e. The first-order valence-electron chi connectivity index (χ1n) is 15.8. The van der Waals surface area contributed by atoms with Gasteiger partial charge in [0.15, 0.2) is 0 Å². The van der Waals surface area contributed by atoms with E-state index in [-0.39, 0.29) is 17.5 Å². The molecular weight excluding hydrogens is 765 g/mol. The predicted molar refractivity (Wildman–Crippen MR) is 213 cm³/mol. The number of aliphatic hydroxyl groups excluding tert-OH is 1. The van der Waals surface area contributed by atoms with E-state index in [0.717, 1.165) is 25.9 Å². The predicted octanol–water partition coefficient (Wildman–Crippen LogP) is 5.73. The zero-order valence-electron chi connectivity index (χ0n) is 28.3. The van der Waals surface area contributed by atoms with Crippen molar-refractivity contribution in [3.8, 4) is 0 Å². The minimum atomic E-state index is -2.94. The Morgan fingerprint density at radius 2 is 1.47 bits per heavy atom. The van der Waals surface area contributed by atoms with Crippen LogP contribution >= 0.6 is 46.5 Å². The van der Waals surface area contributed by atoms with E-state index >= 15 is 0 Å². The van der Waals surface area contributed by atoms with Crippen LogP contribution in [0.15, 0.2) is 151 Å². The molecule has 15 heteroatoms. The maximum Gasteiger partial charge on any atom is 0.434 e. The number of aliphatic hydroxyl groups is 1. The van der Waals surface area contributed by atoms with E-state index in [1.165, 1.54) is 33.2 Å². The first kappa shape index (κ1) is 36.2. The molecule has 1 aliphatic rings. The standard InChI is InChI=1S/C36H35BrN9O2PS2/c1-25-32(47)45(35(50-3)40-38-25)42-34(43-46-33(48)26(2)39-41-36(46)51-4)44(24-27-15-14-16-28(37)23-27)49(29-17-8-5-9-18-29,30-19-10-6-11-20-30)31-21-12-7-13-22-31/h5-23H,24H2,1-4H3,(H2-,38,39,42,43,47,48)/p+1. The first-order valence-corrected chi connectivity index (χ1v) is 20.8. The number of hydrazone groups is 1. The summed E-state index contributed by atoms with van der Waals surface area (Å²) in [6.45, 7) is 3.67. The van der Waals surface area contributed by atoms with Gasteiger partial charge in [0.25, 0.3) is 0 Å². The summed E-state index contributed by atoms with van der Waals surface area (Å²) >= 11 is 6.27. The van der Waals surface area contributed by atoms with E-state index in [0.29, 0.717) is 22.6 Å². The van der Waals surface area contributed by atoms with Crippen LogP contribution in [0.3, 0.4) is 0 Å². The lowest BCUT2D eigenvalue weighted by atomic mass is 10.2. The van der Waals surface area contributed by atoms with E-state index in [1.807, 2.05) is 79.2 Å². The van der Waals surface area contributed by atoms with Crippen molar-refractivity contribution in [3.63, 3.8) is 0 Å². The summed E-state index contributed by atoms with van der Waals surface area (Å²) in [6.07, 6.45) is 3.68. The number of hydrogen-bond donors (Lipinski definition) is 3. The fourth-order valence-electron chi connectivity index (χ4n) is 5.64. The maximum atomic E-state index is 13.9. The lowest BCUT2D eigenvalue weighted by Gasteiger charge is -2.32. The highest BCUT2D eigenvalue weighted by Crippen LogP contribution is 2.47. The molecule has 0 spiro atoms. The molecule has 0 atom stereocenters. The van der Waals surface area contributed by atoms with E-state index in [4.69, 9.17) is 5.10 Å². The number of amidine groups is 1. The van der Waals surface area contributed by atoms with Gasteiger partial charge in [-0.15, -0.1) is 25.0 Å². The molecule has 5 aromatic rings. The molecule has 6 rings (SSSR count). The average Bonchev–Trinajstić information content (AvgIpc) is 3.16. The summed E-state index contributed by atoms with van der Waals surface area (Å²) < 4.78 is 4.41. The molecule has 51 heavy (non-hydrogen) atoms. The van der Waals surface area contributed by atoms with Crippen molar-refractivity contribution < 1.29 is 9.43 Å². The number of benzene rings is 4. The summed E-state index contributed by atoms with van der Waals surface area (Å²) in [6, 6.07) is 39.2. The van der Waals surface area contributed by atoms with Gasteiger partial charge in [0, 0.05) is 25.5 Å². The Labute approximate surface area is 313 Å². The zero-order chi connectivity index (χ0) is 36.0. The van der Waals surface area contributed by atoms with Crippen molar-refractivity contribution in [3.05, 3.63) is 153 Å². The van der Waals surface area contributed by atoms with Crippen LogP contribution in [0.5, 0.6) is 0 Å². The second kappa shape index (κ2) is 16.2. The number of thioether (sulfide) groups is 2. The molecule has 11 nitrogen and oxygen atoms in total. The third kappa shape index (κ3) is 7.41. The van der Waals surface area contributed by atoms with Crippen LogP contribution in [-0.2, 0) is 6.54 Å². The van der Waals surface area contributed by atoms with Gasteiger partial charge < -0.3 is 5.11 Å². The van der Waals surface area contributed by atoms with Crippen molar-refractivity contribution in [1.82, 2.24) is 30.7 Å². The molecule has 0 amide bonds. The number of guanidine groups is 1. The highest BCUT2D eigenvalue weighted by Gasteiger charge is 2.39. The highest BCUT2D eigenvalue weighted by molar-refractivity contribution is 9.10. The third-order valence-corrected chi connectivity index (χ3v) is 14.0. The molecule has 1 aliphatic heterocycles. The summed E-state index contributed by atoms with van der Waals surface area (Å²) in [4.78, 5) is 13.9. The third-order valence-electron chi connectivity index (χ3n) is 8.02. The molecular formula is C36H36BrN9O2PS2+. The fourth-order valence-corrected chi connectivity index (χ4v) is 11.2. The molecule has 260 valence electrons. The fraction of sp³-hybridized carbons (Fsp3) is 0.139. The number of nitrogens with one attached hydrogen (secondary N) is 2. The van der Waals surface area contributed by atoms with Crippen LogP contribution in [0.1, 0.15) is 18.2 Å². The van der Waals surface area contributed by atoms with Crippen molar-refractivity contribution in [2.24, 2.45) is 10.2 Å².